The fourth-order valence-corrected chi connectivity index (χ4v) is 1.43. The van der Waals surface area contributed by atoms with Crippen molar-refractivity contribution in [3.05, 3.63) is 0 Å². The van der Waals surface area contributed by atoms with E-state index in [9.17, 15) is 9.59 Å². The van der Waals surface area contributed by atoms with Crippen molar-refractivity contribution in [3.8, 4) is 0 Å². The lowest BCUT2D eigenvalue weighted by atomic mass is 10.2. The fourth-order valence-electron chi connectivity index (χ4n) is 1.43. The topological polar surface area (TPSA) is 61.2 Å². The SMILES string of the molecule is CCCC(=O)N(CCC)CCCC([NH])=O. The van der Waals surface area contributed by atoms with E-state index in [2.05, 4.69) is 0 Å². The van der Waals surface area contributed by atoms with Crippen LogP contribution in [0.2, 0.25) is 0 Å². The lowest BCUT2D eigenvalue weighted by molar-refractivity contribution is -0.131. The highest BCUT2D eigenvalue weighted by Gasteiger charge is 2.11. The van der Waals surface area contributed by atoms with Gasteiger partial charge in [0.05, 0.1) is 0 Å². The third-order valence-electron chi connectivity index (χ3n) is 2.14. The number of rotatable bonds is 8. The molecule has 0 heterocycles. The number of amides is 2. The van der Waals surface area contributed by atoms with Crippen molar-refractivity contribution in [3.63, 3.8) is 0 Å². The molecule has 15 heavy (non-hydrogen) atoms. The van der Waals surface area contributed by atoms with Gasteiger partial charge in [-0.05, 0) is 19.3 Å². The molecule has 1 radical (unpaired) electrons. The average Bonchev–Trinajstić information content (AvgIpc) is 2.16. The van der Waals surface area contributed by atoms with Gasteiger partial charge in [-0.1, -0.05) is 13.8 Å². The number of carbonyl (C=O) groups excluding carboxylic acids is 2. The maximum Gasteiger partial charge on any atom is 0.238 e. The molecule has 4 nitrogen and oxygen atoms in total. The van der Waals surface area contributed by atoms with Crippen molar-refractivity contribution in [2.45, 2.75) is 46.0 Å². The molecule has 0 rings (SSSR count). The quantitative estimate of drug-likeness (QED) is 0.615. The first-order valence-corrected chi connectivity index (χ1v) is 5.64. The molecule has 0 aromatic carbocycles. The Labute approximate surface area is 91.8 Å². The summed E-state index contributed by atoms with van der Waals surface area (Å²) in [6.07, 6.45) is 3.23. The van der Waals surface area contributed by atoms with Crippen molar-refractivity contribution in [2.24, 2.45) is 0 Å². The van der Waals surface area contributed by atoms with Gasteiger partial charge in [-0.3, -0.25) is 15.3 Å². The molecule has 0 aromatic heterocycles. The summed E-state index contributed by atoms with van der Waals surface area (Å²) in [5.74, 6) is -0.383. The van der Waals surface area contributed by atoms with Crippen LogP contribution in [0, 0.1) is 0 Å². The molecular weight excluding hydrogens is 192 g/mol. The molecule has 0 atom stereocenters. The van der Waals surface area contributed by atoms with Crippen molar-refractivity contribution < 1.29 is 9.59 Å². The van der Waals surface area contributed by atoms with E-state index in [-0.39, 0.29) is 12.3 Å². The molecule has 0 aliphatic carbocycles. The molecule has 0 bridgehead atoms. The van der Waals surface area contributed by atoms with Gasteiger partial charge >= 0.3 is 0 Å². The lowest BCUT2D eigenvalue weighted by Crippen LogP contribution is -2.32. The fraction of sp³-hybridized carbons (Fsp3) is 0.818. The molecule has 87 valence electrons. The van der Waals surface area contributed by atoms with Gasteiger partial charge in [-0.2, -0.15) is 0 Å². The molecule has 0 fully saturated rings. The first kappa shape index (κ1) is 13.9. The van der Waals surface area contributed by atoms with Crippen molar-refractivity contribution in [2.75, 3.05) is 13.1 Å². The Morgan fingerprint density at radius 3 is 2.20 bits per heavy atom. The van der Waals surface area contributed by atoms with Crippen LogP contribution in [0.15, 0.2) is 0 Å². The lowest BCUT2D eigenvalue weighted by Gasteiger charge is -2.21. The summed E-state index contributed by atoms with van der Waals surface area (Å²) < 4.78 is 0. The molecule has 0 aliphatic heterocycles. The van der Waals surface area contributed by atoms with Crippen LogP contribution in [0.1, 0.15) is 46.0 Å². The van der Waals surface area contributed by atoms with Gasteiger partial charge in [0.15, 0.2) is 0 Å². The molecule has 2 amide bonds. The number of nitrogens with zero attached hydrogens (tertiary/aromatic N) is 1. The maximum atomic E-state index is 11.6. The van der Waals surface area contributed by atoms with E-state index in [4.69, 9.17) is 5.73 Å². The van der Waals surface area contributed by atoms with E-state index >= 15 is 0 Å². The summed E-state index contributed by atoms with van der Waals surface area (Å²) in [4.78, 5) is 23.8. The molecular formula is C11H21N2O2. The molecule has 0 saturated heterocycles. The molecule has 0 aromatic rings. The highest BCUT2D eigenvalue weighted by Crippen LogP contribution is 2.02. The monoisotopic (exact) mass is 213 g/mol. The minimum absolute atomic E-state index is 0.164. The molecule has 1 N–H and O–H groups in total. The van der Waals surface area contributed by atoms with Gasteiger partial charge in [0.1, 0.15) is 0 Å². The third kappa shape index (κ3) is 6.94. The molecule has 4 heteroatoms. The van der Waals surface area contributed by atoms with Gasteiger partial charge in [0.25, 0.3) is 0 Å². The van der Waals surface area contributed by atoms with Gasteiger partial charge < -0.3 is 4.90 Å². The predicted molar refractivity (Wildman–Crippen MR) is 59.1 cm³/mol. The van der Waals surface area contributed by atoms with E-state index in [1.54, 1.807) is 4.90 Å². The maximum absolute atomic E-state index is 11.6. The first-order chi connectivity index (χ1) is 7.11. The summed E-state index contributed by atoms with van der Waals surface area (Å²) >= 11 is 0. The molecule has 0 aliphatic rings. The van der Waals surface area contributed by atoms with Crippen molar-refractivity contribution >= 4 is 11.8 Å². The van der Waals surface area contributed by atoms with Crippen LogP contribution < -0.4 is 5.73 Å². The second-order valence-corrected chi connectivity index (χ2v) is 3.66. The van der Waals surface area contributed by atoms with E-state index in [0.29, 0.717) is 19.4 Å². The number of carbonyl (C=O) groups is 2. The zero-order chi connectivity index (χ0) is 11.7. The average molecular weight is 213 g/mol. The summed E-state index contributed by atoms with van der Waals surface area (Å²) in [5, 5.41) is 0. The number of nitrogens with one attached hydrogen (secondary N) is 1. The van der Waals surface area contributed by atoms with E-state index in [0.717, 1.165) is 19.4 Å². The minimum atomic E-state index is -0.547. The second-order valence-electron chi connectivity index (χ2n) is 3.66. The molecule has 0 unspecified atom stereocenters. The van der Waals surface area contributed by atoms with Crippen molar-refractivity contribution in [1.82, 2.24) is 10.6 Å². The van der Waals surface area contributed by atoms with E-state index in [1.807, 2.05) is 13.8 Å². The van der Waals surface area contributed by atoms with Crippen LogP contribution >= 0.6 is 0 Å². The Morgan fingerprint density at radius 2 is 1.73 bits per heavy atom. The minimum Gasteiger partial charge on any atom is -0.343 e. The van der Waals surface area contributed by atoms with Gasteiger partial charge in [0.2, 0.25) is 11.8 Å². The highest BCUT2D eigenvalue weighted by molar-refractivity contribution is 5.76. The third-order valence-corrected chi connectivity index (χ3v) is 2.14. The Kier molecular flexibility index (Phi) is 7.68. The van der Waals surface area contributed by atoms with Crippen LogP contribution in [0.3, 0.4) is 0 Å². The Hall–Kier alpha value is -1.06. The van der Waals surface area contributed by atoms with Crippen LogP contribution in [-0.4, -0.2) is 29.8 Å². The zero-order valence-electron chi connectivity index (χ0n) is 9.71. The molecule has 0 spiro atoms. The van der Waals surface area contributed by atoms with Crippen LogP contribution in [0.25, 0.3) is 0 Å². The normalized spacial score (nSPS) is 10.0. The van der Waals surface area contributed by atoms with E-state index < -0.39 is 5.91 Å². The summed E-state index contributed by atoms with van der Waals surface area (Å²) in [5.41, 5.74) is 6.77. The highest BCUT2D eigenvalue weighted by atomic mass is 16.2. The van der Waals surface area contributed by atoms with E-state index in [1.165, 1.54) is 0 Å². The number of hydrogen-bond donors (Lipinski definition) is 0. The smallest absolute Gasteiger partial charge is 0.238 e. The van der Waals surface area contributed by atoms with Crippen molar-refractivity contribution in [1.29, 1.82) is 0 Å². The van der Waals surface area contributed by atoms with Gasteiger partial charge in [-0.25, -0.2) is 0 Å². The number of hydrogen-bond acceptors (Lipinski definition) is 2. The molecule has 0 saturated carbocycles. The predicted octanol–water partition coefficient (Wildman–Crippen LogP) is 1.61. The standard InChI is InChI=1S/C11H21N2O2/c1-3-6-11(15)13(8-4-2)9-5-7-10(12)14/h12H,3-9H2,1-2H3. The van der Waals surface area contributed by atoms with Crippen LogP contribution in [-0.2, 0) is 9.59 Å². The summed E-state index contributed by atoms with van der Waals surface area (Å²) in [6.45, 7) is 5.37. The van der Waals surface area contributed by atoms with Crippen LogP contribution in [0.4, 0.5) is 0 Å². The second kappa shape index (κ2) is 8.26. The largest absolute Gasteiger partial charge is 0.343 e. The van der Waals surface area contributed by atoms with Gasteiger partial charge in [0, 0.05) is 25.9 Å². The van der Waals surface area contributed by atoms with Gasteiger partial charge in [-0.15, -0.1) is 0 Å². The Morgan fingerprint density at radius 1 is 1.07 bits per heavy atom. The summed E-state index contributed by atoms with van der Waals surface area (Å²) in [7, 11) is 0. The first-order valence-electron chi connectivity index (χ1n) is 5.64. The Bertz CT molecular complexity index is 205. The zero-order valence-corrected chi connectivity index (χ0v) is 9.71. The Balaban J connectivity index is 3.91. The van der Waals surface area contributed by atoms with Crippen LogP contribution in [0.5, 0.6) is 0 Å². The summed E-state index contributed by atoms with van der Waals surface area (Å²) in [6, 6.07) is 0.